The Bertz CT molecular complexity index is 849. The highest BCUT2D eigenvalue weighted by Crippen LogP contribution is 2.25. The average molecular weight is 339 g/mol. The number of pyridine rings is 1. The van der Waals surface area contributed by atoms with Gasteiger partial charge in [-0.05, 0) is 37.3 Å². The van der Waals surface area contributed by atoms with Gasteiger partial charge in [-0.25, -0.2) is 9.37 Å². The molecule has 5 nitrogen and oxygen atoms in total. The summed E-state index contributed by atoms with van der Waals surface area (Å²) in [7, 11) is 0. The van der Waals surface area contributed by atoms with Gasteiger partial charge in [0.15, 0.2) is 11.6 Å². The van der Waals surface area contributed by atoms with Crippen LogP contribution in [0, 0.1) is 5.82 Å². The molecule has 1 atom stereocenters. The molecule has 2 aromatic heterocycles. The van der Waals surface area contributed by atoms with E-state index in [2.05, 4.69) is 10.3 Å². The van der Waals surface area contributed by atoms with Gasteiger partial charge in [0.2, 0.25) is 11.8 Å². The van der Waals surface area contributed by atoms with E-state index in [1.807, 2.05) is 36.0 Å². The SMILES string of the molecule is C[C@H](C(=O)NCc1cccnc1Oc1ccccc1F)n1cccc1. The van der Waals surface area contributed by atoms with E-state index in [0.717, 1.165) is 0 Å². The normalized spacial score (nSPS) is 11.8. The molecule has 0 saturated heterocycles. The molecular weight excluding hydrogens is 321 g/mol. The van der Waals surface area contributed by atoms with Crippen LogP contribution in [0.2, 0.25) is 0 Å². The molecule has 0 radical (unpaired) electrons. The van der Waals surface area contributed by atoms with Gasteiger partial charge in [-0.1, -0.05) is 18.2 Å². The third-order valence-electron chi connectivity index (χ3n) is 3.80. The van der Waals surface area contributed by atoms with Gasteiger partial charge in [0.25, 0.3) is 0 Å². The number of hydrogen-bond donors (Lipinski definition) is 1. The van der Waals surface area contributed by atoms with Gasteiger partial charge in [0, 0.05) is 30.7 Å². The molecule has 128 valence electrons. The van der Waals surface area contributed by atoms with Gasteiger partial charge in [-0.3, -0.25) is 4.79 Å². The largest absolute Gasteiger partial charge is 0.436 e. The fourth-order valence-electron chi connectivity index (χ4n) is 2.35. The number of hydrogen-bond acceptors (Lipinski definition) is 3. The second kappa shape index (κ2) is 7.61. The van der Waals surface area contributed by atoms with Crippen molar-refractivity contribution < 1.29 is 13.9 Å². The number of para-hydroxylation sites is 1. The number of carbonyl (C=O) groups excluding carboxylic acids is 1. The lowest BCUT2D eigenvalue weighted by atomic mass is 10.2. The summed E-state index contributed by atoms with van der Waals surface area (Å²) in [5.74, 6) is -0.239. The number of nitrogens with one attached hydrogen (secondary N) is 1. The van der Waals surface area contributed by atoms with Crippen molar-refractivity contribution in [3.05, 3.63) is 78.5 Å². The van der Waals surface area contributed by atoms with Crippen molar-refractivity contribution in [3.63, 3.8) is 0 Å². The molecule has 1 aromatic carbocycles. The Kier molecular flexibility index (Phi) is 5.09. The van der Waals surface area contributed by atoms with Crippen molar-refractivity contribution >= 4 is 5.91 Å². The van der Waals surface area contributed by atoms with Crippen molar-refractivity contribution in [1.29, 1.82) is 0 Å². The van der Waals surface area contributed by atoms with Crippen molar-refractivity contribution in [2.45, 2.75) is 19.5 Å². The second-order valence-electron chi connectivity index (χ2n) is 5.52. The smallest absolute Gasteiger partial charge is 0.243 e. The van der Waals surface area contributed by atoms with Crippen LogP contribution in [0.5, 0.6) is 11.6 Å². The zero-order valence-electron chi connectivity index (χ0n) is 13.7. The van der Waals surface area contributed by atoms with Gasteiger partial charge in [0.1, 0.15) is 6.04 Å². The number of ether oxygens (including phenoxy) is 1. The molecule has 0 aliphatic carbocycles. The summed E-state index contributed by atoms with van der Waals surface area (Å²) in [6.45, 7) is 2.05. The average Bonchev–Trinajstić information content (AvgIpc) is 3.16. The molecule has 0 saturated carbocycles. The summed E-state index contributed by atoms with van der Waals surface area (Å²) in [6.07, 6.45) is 5.23. The van der Waals surface area contributed by atoms with Gasteiger partial charge >= 0.3 is 0 Å². The standard InChI is InChI=1S/C19H18FN3O2/c1-14(23-11-4-5-12-23)18(24)22-13-15-7-6-10-21-19(15)25-17-9-3-2-8-16(17)20/h2-12,14H,13H2,1H3,(H,22,24)/t14-/m1/s1. The summed E-state index contributed by atoms with van der Waals surface area (Å²) in [5.41, 5.74) is 0.666. The first-order valence-electron chi connectivity index (χ1n) is 7.91. The van der Waals surface area contributed by atoms with Crippen LogP contribution in [0.1, 0.15) is 18.5 Å². The van der Waals surface area contributed by atoms with Gasteiger partial charge in [-0.15, -0.1) is 0 Å². The van der Waals surface area contributed by atoms with Crippen LogP contribution >= 0.6 is 0 Å². The molecule has 3 rings (SSSR count). The van der Waals surface area contributed by atoms with Crippen LogP contribution in [-0.4, -0.2) is 15.5 Å². The number of benzene rings is 1. The third-order valence-corrected chi connectivity index (χ3v) is 3.80. The Hall–Kier alpha value is -3.15. The van der Waals surface area contributed by atoms with Gasteiger partial charge in [0.05, 0.1) is 0 Å². The Morgan fingerprint density at radius 1 is 1.20 bits per heavy atom. The van der Waals surface area contributed by atoms with Gasteiger partial charge < -0.3 is 14.6 Å². The zero-order valence-corrected chi connectivity index (χ0v) is 13.7. The first-order valence-corrected chi connectivity index (χ1v) is 7.91. The Morgan fingerprint density at radius 2 is 1.96 bits per heavy atom. The zero-order chi connectivity index (χ0) is 17.6. The quantitative estimate of drug-likeness (QED) is 0.745. The molecule has 3 aromatic rings. The van der Waals surface area contributed by atoms with Crippen LogP contribution in [0.25, 0.3) is 0 Å². The Labute approximate surface area is 145 Å². The van der Waals surface area contributed by atoms with Crippen LogP contribution in [-0.2, 0) is 11.3 Å². The van der Waals surface area contributed by atoms with E-state index in [1.165, 1.54) is 12.1 Å². The van der Waals surface area contributed by atoms with E-state index >= 15 is 0 Å². The van der Waals surface area contributed by atoms with E-state index in [0.29, 0.717) is 5.56 Å². The van der Waals surface area contributed by atoms with Gasteiger partial charge in [-0.2, -0.15) is 0 Å². The summed E-state index contributed by atoms with van der Waals surface area (Å²) < 4.78 is 21.1. The molecule has 1 N–H and O–H groups in total. The van der Waals surface area contributed by atoms with Crippen LogP contribution < -0.4 is 10.1 Å². The minimum Gasteiger partial charge on any atom is -0.436 e. The molecule has 0 aliphatic heterocycles. The number of nitrogens with zero attached hydrogens (tertiary/aromatic N) is 2. The Balaban J connectivity index is 1.69. The van der Waals surface area contributed by atoms with Crippen molar-refractivity contribution in [3.8, 4) is 11.6 Å². The fraction of sp³-hybridized carbons (Fsp3) is 0.158. The highest BCUT2D eigenvalue weighted by molar-refractivity contribution is 5.79. The molecule has 0 fully saturated rings. The first kappa shape index (κ1) is 16.7. The molecular formula is C19H18FN3O2. The Morgan fingerprint density at radius 3 is 2.72 bits per heavy atom. The molecule has 0 bridgehead atoms. The molecule has 1 amide bonds. The molecule has 2 heterocycles. The summed E-state index contributed by atoms with van der Waals surface area (Å²) in [4.78, 5) is 16.4. The third kappa shape index (κ3) is 4.03. The molecule has 0 spiro atoms. The number of rotatable bonds is 6. The van der Waals surface area contributed by atoms with E-state index in [1.54, 1.807) is 30.5 Å². The van der Waals surface area contributed by atoms with E-state index in [9.17, 15) is 9.18 Å². The minimum absolute atomic E-state index is 0.0921. The lowest BCUT2D eigenvalue weighted by Crippen LogP contribution is -2.30. The summed E-state index contributed by atoms with van der Waals surface area (Å²) in [5, 5.41) is 2.85. The summed E-state index contributed by atoms with van der Waals surface area (Å²) in [6, 6.07) is 13.0. The predicted octanol–water partition coefficient (Wildman–Crippen LogP) is 3.69. The first-order chi connectivity index (χ1) is 12.1. The van der Waals surface area contributed by atoms with E-state index < -0.39 is 5.82 Å². The monoisotopic (exact) mass is 339 g/mol. The highest BCUT2D eigenvalue weighted by Gasteiger charge is 2.15. The van der Waals surface area contributed by atoms with Crippen molar-refractivity contribution in [2.24, 2.45) is 0 Å². The second-order valence-corrected chi connectivity index (χ2v) is 5.52. The number of amides is 1. The van der Waals surface area contributed by atoms with Crippen LogP contribution in [0.3, 0.4) is 0 Å². The highest BCUT2D eigenvalue weighted by atomic mass is 19.1. The number of aromatic nitrogens is 2. The maximum Gasteiger partial charge on any atom is 0.243 e. The fourth-order valence-corrected chi connectivity index (χ4v) is 2.35. The van der Waals surface area contributed by atoms with E-state index in [-0.39, 0.29) is 30.1 Å². The lowest BCUT2D eigenvalue weighted by molar-refractivity contribution is -0.124. The molecule has 0 aliphatic rings. The van der Waals surface area contributed by atoms with Crippen LogP contribution in [0.15, 0.2) is 67.1 Å². The molecule has 0 unspecified atom stereocenters. The lowest BCUT2D eigenvalue weighted by Gasteiger charge is -2.15. The maximum absolute atomic E-state index is 13.8. The topological polar surface area (TPSA) is 56.1 Å². The summed E-state index contributed by atoms with van der Waals surface area (Å²) >= 11 is 0. The minimum atomic E-state index is -0.468. The van der Waals surface area contributed by atoms with Crippen molar-refractivity contribution in [2.75, 3.05) is 0 Å². The number of carbonyl (C=O) groups is 1. The molecule has 25 heavy (non-hydrogen) atoms. The van der Waals surface area contributed by atoms with Crippen molar-refractivity contribution in [1.82, 2.24) is 14.9 Å². The molecule has 6 heteroatoms. The maximum atomic E-state index is 13.8. The van der Waals surface area contributed by atoms with E-state index in [4.69, 9.17) is 4.74 Å². The number of halogens is 1. The van der Waals surface area contributed by atoms with Crippen LogP contribution in [0.4, 0.5) is 4.39 Å². The predicted molar refractivity (Wildman–Crippen MR) is 91.7 cm³/mol.